The number of alkyl halides is 3. The molecule has 1 heterocycles. The van der Waals surface area contributed by atoms with Crippen molar-refractivity contribution in [2.24, 2.45) is 0 Å². The highest BCUT2D eigenvalue weighted by Gasteiger charge is 2.29. The van der Waals surface area contributed by atoms with Crippen molar-refractivity contribution in [2.75, 3.05) is 18.8 Å². The molecule has 1 fully saturated rings. The Hall–Kier alpha value is -0.430. The molecule has 0 spiro atoms. The van der Waals surface area contributed by atoms with Crippen LogP contribution in [0.2, 0.25) is 0 Å². The second kappa shape index (κ2) is 5.60. The van der Waals surface area contributed by atoms with Crippen molar-refractivity contribution in [1.29, 1.82) is 0 Å². The average Bonchev–Trinajstić information content (AvgIpc) is 2.62. The van der Waals surface area contributed by atoms with Crippen molar-refractivity contribution in [1.82, 2.24) is 10.6 Å². The zero-order chi connectivity index (χ0) is 11.3. The number of hydrogen-bond donors (Lipinski definition) is 2. The number of rotatable bonds is 4. The predicted octanol–water partition coefficient (Wildman–Crippen LogP) is 1.11. The topological polar surface area (TPSA) is 41.1 Å². The van der Waals surface area contributed by atoms with E-state index in [1.54, 1.807) is 0 Å². The maximum Gasteiger partial charge on any atom is 0.442 e. The first-order valence-electron chi connectivity index (χ1n) is 4.68. The van der Waals surface area contributed by atoms with Gasteiger partial charge in [0.25, 0.3) is 0 Å². The summed E-state index contributed by atoms with van der Waals surface area (Å²) >= 11 is -0.308. The molecule has 88 valence electrons. The minimum atomic E-state index is -4.33. The molecule has 7 heteroatoms. The Morgan fingerprint density at radius 3 is 2.80 bits per heavy atom. The van der Waals surface area contributed by atoms with Gasteiger partial charge in [-0.15, -0.1) is 0 Å². The maximum atomic E-state index is 11.7. The van der Waals surface area contributed by atoms with Crippen molar-refractivity contribution >= 4 is 17.7 Å². The van der Waals surface area contributed by atoms with Gasteiger partial charge in [0.05, 0.1) is 5.75 Å². The Labute approximate surface area is 90.2 Å². The minimum Gasteiger partial charge on any atom is -0.354 e. The summed E-state index contributed by atoms with van der Waals surface area (Å²) in [4.78, 5) is 11.0. The monoisotopic (exact) mass is 242 g/mol. The van der Waals surface area contributed by atoms with Crippen molar-refractivity contribution < 1.29 is 18.0 Å². The molecule has 1 aliphatic rings. The summed E-state index contributed by atoms with van der Waals surface area (Å²) < 4.78 is 35.2. The quantitative estimate of drug-likeness (QED) is 0.776. The molecule has 0 aromatic heterocycles. The van der Waals surface area contributed by atoms with E-state index in [0.717, 1.165) is 19.4 Å². The lowest BCUT2D eigenvalue weighted by Crippen LogP contribution is -2.38. The minimum absolute atomic E-state index is 0.213. The lowest BCUT2D eigenvalue weighted by atomic mass is 10.2. The molecule has 0 bridgehead atoms. The zero-order valence-corrected chi connectivity index (χ0v) is 8.88. The van der Waals surface area contributed by atoms with Crippen LogP contribution in [0.5, 0.6) is 0 Å². The highest BCUT2D eigenvalue weighted by molar-refractivity contribution is 8.00. The van der Waals surface area contributed by atoms with Gasteiger partial charge in [-0.25, -0.2) is 0 Å². The van der Waals surface area contributed by atoms with Gasteiger partial charge >= 0.3 is 5.51 Å². The highest BCUT2D eigenvalue weighted by atomic mass is 32.2. The molecule has 1 rings (SSSR count). The summed E-state index contributed by atoms with van der Waals surface area (Å²) in [6, 6.07) is 0.213. The van der Waals surface area contributed by atoms with Gasteiger partial charge < -0.3 is 10.6 Å². The van der Waals surface area contributed by atoms with E-state index >= 15 is 0 Å². The van der Waals surface area contributed by atoms with E-state index in [9.17, 15) is 18.0 Å². The first-order valence-corrected chi connectivity index (χ1v) is 5.67. The summed E-state index contributed by atoms with van der Waals surface area (Å²) in [5.74, 6) is -1.12. The van der Waals surface area contributed by atoms with Crippen LogP contribution in [-0.2, 0) is 4.79 Å². The number of thioether (sulfide) groups is 1. The summed E-state index contributed by atoms with van der Waals surface area (Å²) in [5.41, 5.74) is -4.33. The molecule has 0 radical (unpaired) electrons. The van der Waals surface area contributed by atoms with Crippen LogP contribution in [0, 0.1) is 0 Å². The molecular weight excluding hydrogens is 229 g/mol. The fourth-order valence-electron chi connectivity index (χ4n) is 1.37. The number of nitrogens with one attached hydrogen (secondary N) is 2. The van der Waals surface area contributed by atoms with E-state index in [1.807, 2.05) is 0 Å². The van der Waals surface area contributed by atoms with Crippen LogP contribution < -0.4 is 10.6 Å². The second-order valence-corrected chi connectivity index (χ2v) is 4.37. The van der Waals surface area contributed by atoms with Gasteiger partial charge in [0, 0.05) is 12.6 Å². The first kappa shape index (κ1) is 12.6. The molecular formula is C8H13F3N2OS. The fourth-order valence-corrected chi connectivity index (χ4v) is 1.76. The van der Waals surface area contributed by atoms with E-state index in [4.69, 9.17) is 0 Å². The van der Waals surface area contributed by atoms with Gasteiger partial charge in [0.2, 0.25) is 5.91 Å². The molecule has 0 saturated carbocycles. The molecule has 1 amide bonds. The molecule has 1 aliphatic heterocycles. The third-order valence-electron chi connectivity index (χ3n) is 2.07. The van der Waals surface area contributed by atoms with Gasteiger partial charge in [-0.05, 0) is 31.1 Å². The Morgan fingerprint density at radius 1 is 1.53 bits per heavy atom. The van der Waals surface area contributed by atoms with E-state index in [-0.39, 0.29) is 17.8 Å². The van der Waals surface area contributed by atoms with Crippen molar-refractivity contribution in [3.63, 3.8) is 0 Å². The van der Waals surface area contributed by atoms with Crippen LogP contribution in [0.15, 0.2) is 0 Å². The van der Waals surface area contributed by atoms with Gasteiger partial charge in [-0.2, -0.15) is 13.2 Å². The Bertz CT molecular complexity index is 216. The number of carbonyl (C=O) groups is 1. The summed E-state index contributed by atoms with van der Waals surface area (Å²) in [6.45, 7) is 1.33. The van der Waals surface area contributed by atoms with Crippen LogP contribution in [0.1, 0.15) is 12.8 Å². The van der Waals surface area contributed by atoms with E-state index in [0.29, 0.717) is 6.54 Å². The van der Waals surface area contributed by atoms with Crippen LogP contribution in [-0.4, -0.2) is 36.3 Å². The molecule has 0 aromatic carbocycles. The van der Waals surface area contributed by atoms with E-state index < -0.39 is 17.2 Å². The highest BCUT2D eigenvalue weighted by Crippen LogP contribution is 2.29. The van der Waals surface area contributed by atoms with Crippen molar-refractivity contribution in [3.05, 3.63) is 0 Å². The number of halogens is 3. The van der Waals surface area contributed by atoms with Crippen molar-refractivity contribution in [3.8, 4) is 0 Å². The molecule has 1 saturated heterocycles. The Kier molecular flexibility index (Phi) is 4.72. The summed E-state index contributed by atoms with van der Waals surface area (Å²) in [5, 5.41) is 5.62. The SMILES string of the molecule is O=C(CSC(F)(F)F)NCC1CCCN1. The average molecular weight is 242 g/mol. The lowest BCUT2D eigenvalue weighted by molar-refractivity contribution is -0.118. The molecule has 1 atom stereocenters. The largest absolute Gasteiger partial charge is 0.442 e. The molecule has 3 nitrogen and oxygen atoms in total. The maximum absolute atomic E-state index is 11.7. The fraction of sp³-hybridized carbons (Fsp3) is 0.875. The third-order valence-corrected chi connectivity index (χ3v) is 2.81. The van der Waals surface area contributed by atoms with E-state index in [1.165, 1.54) is 0 Å². The van der Waals surface area contributed by atoms with Gasteiger partial charge in [0.15, 0.2) is 0 Å². The van der Waals surface area contributed by atoms with Crippen LogP contribution in [0.3, 0.4) is 0 Å². The van der Waals surface area contributed by atoms with Gasteiger partial charge in [0.1, 0.15) is 0 Å². The Balaban J connectivity index is 2.08. The summed E-state index contributed by atoms with van der Waals surface area (Å²) in [7, 11) is 0. The number of carbonyl (C=O) groups excluding carboxylic acids is 1. The van der Waals surface area contributed by atoms with Crippen LogP contribution in [0.4, 0.5) is 13.2 Å². The normalized spacial score (nSPS) is 21.7. The molecule has 15 heavy (non-hydrogen) atoms. The molecule has 1 unspecified atom stereocenters. The zero-order valence-electron chi connectivity index (χ0n) is 8.06. The standard InChI is InChI=1S/C8H13F3N2OS/c9-8(10,11)15-5-7(14)13-4-6-2-1-3-12-6/h6,12H,1-5H2,(H,13,14). The number of hydrogen-bond acceptors (Lipinski definition) is 3. The van der Waals surface area contributed by atoms with Crippen LogP contribution in [0.25, 0.3) is 0 Å². The van der Waals surface area contributed by atoms with Crippen LogP contribution >= 0.6 is 11.8 Å². The molecule has 2 N–H and O–H groups in total. The Morgan fingerprint density at radius 2 is 2.27 bits per heavy atom. The number of amides is 1. The third kappa shape index (κ3) is 5.88. The smallest absolute Gasteiger partial charge is 0.354 e. The van der Waals surface area contributed by atoms with E-state index in [2.05, 4.69) is 10.6 Å². The molecule has 0 aliphatic carbocycles. The lowest BCUT2D eigenvalue weighted by Gasteiger charge is -2.11. The first-order chi connectivity index (χ1) is 6.97. The van der Waals surface area contributed by atoms with Gasteiger partial charge in [-0.3, -0.25) is 4.79 Å². The molecule has 0 aromatic rings. The predicted molar refractivity (Wildman–Crippen MR) is 52.5 cm³/mol. The van der Waals surface area contributed by atoms with Gasteiger partial charge in [-0.1, -0.05) is 0 Å². The second-order valence-electron chi connectivity index (χ2n) is 3.33. The summed E-state index contributed by atoms with van der Waals surface area (Å²) in [6.07, 6.45) is 2.02. The van der Waals surface area contributed by atoms with Crippen molar-refractivity contribution in [2.45, 2.75) is 24.4 Å².